The lowest BCUT2D eigenvalue weighted by atomic mass is 9.93. The van der Waals surface area contributed by atoms with Crippen molar-refractivity contribution in [3.63, 3.8) is 0 Å². The first-order valence-electron chi connectivity index (χ1n) is 11.5. The van der Waals surface area contributed by atoms with Crippen LogP contribution in [-0.2, 0) is 15.7 Å². The minimum absolute atomic E-state index is 0.0404. The monoisotopic (exact) mass is 487 g/mol. The Kier molecular flexibility index (Phi) is 6.19. The van der Waals surface area contributed by atoms with E-state index in [1.54, 1.807) is 11.0 Å². The normalized spacial score (nSPS) is 22.3. The van der Waals surface area contributed by atoms with Crippen molar-refractivity contribution in [2.45, 2.75) is 49.9 Å². The van der Waals surface area contributed by atoms with E-state index < -0.39 is 11.7 Å². The van der Waals surface area contributed by atoms with Gasteiger partial charge < -0.3 is 19.9 Å². The maximum atomic E-state index is 13.2. The number of hydrogen-bond acceptors (Lipinski definition) is 8. The number of nitriles is 1. The molecule has 0 radical (unpaired) electrons. The van der Waals surface area contributed by atoms with Gasteiger partial charge in [-0.15, -0.1) is 0 Å². The molecule has 3 saturated heterocycles. The third kappa shape index (κ3) is 5.00. The Hall–Kier alpha value is -3.46. The number of rotatable bonds is 5. The average molecular weight is 487 g/mol. The summed E-state index contributed by atoms with van der Waals surface area (Å²) in [5, 5.41) is 11.7. The number of halogens is 3. The second kappa shape index (κ2) is 9.30. The molecule has 3 fully saturated rings. The van der Waals surface area contributed by atoms with Crippen LogP contribution in [0.15, 0.2) is 24.4 Å². The van der Waals surface area contributed by atoms with Crippen molar-refractivity contribution in [1.29, 1.82) is 5.26 Å². The van der Waals surface area contributed by atoms with Crippen LogP contribution in [0.3, 0.4) is 0 Å². The van der Waals surface area contributed by atoms with Crippen LogP contribution in [0.5, 0.6) is 0 Å². The summed E-state index contributed by atoms with van der Waals surface area (Å²) in [5.74, 6) is 0.784. The zero-order valence-corrected chi connectivity index (χ0v) is 18.8. The van der Waals surface area contributed by atoms with E-state index in [-0.39, 0.29) is 36.2 Å². The Morgan fingerprint density at radius 2 is 2.03 bits per heavy atom. The van der Waals surface area contributed by atoms with Crippen LogP contribution in [0.25, 0.3) is 0 Å². The molecule has 0 aliphatic carbocycles. The second-order valence-corrected chi connectivity index (χ2v) is 9.02. The first kappa shape index (κ1) is 23.3. The number of nitrogens with one attached hydrogen (secondary N) is 1. The minimum Gasteiger partial charge on any atom is -0.374 e. The van der Waals surface area contributed by atoms with Crippen molar-refractivity contribution in [2.24, 2.45) is 0 Å². The molecule has 0 spiro atoms. The van der Waals surface area contributed by atoms with Crippen molar-refractivity contribution >= 4 is 23.5 Å². The molecule has 184 valence electrons. The van der Waals surface area contributed by atoms with Gasteiger partial charge in [-0.1, -0.05) is 0 Å². The molecule has 5 rings (SSSR count). The number of ether oxygens (including phenoxy) is 1. The molecule has 1 amide bonds. The number of hydrogen-bond donors (Lipinski definition) is 1. The number of carbonyl (C=O) groups excluding carboxylic acids is 1. The van der Waals surface area contributed by atoms with E-state index >= 15 is 0 Å². The smallest absolute Gasteiger partial charge is 0.374 e. The zero-order chi connectivity index (χ0) is 24.6. The van der Waals surface area contributed by atoms with Crippen LogP contribution in [0.2, 0.25) is 0 Å². The largest absolute Gasteiger partial charge is 0.416 e. The summed E-state index contributed by atoms with van der Waals surface area (Å²) in [7, 11) is 0. The number of amides is 1. The van der Waals surface area contributed by atoms with Crippen LogP contribution in [0.1, 0.15) is 42.9 Å². The number of pyridine rings is 1. The maximum absolute atomic E-state index is 13.2. The molecular formula is C23H24F3N7O2. The van der Waals surface area contributed by atoms with Gasteiger partial charge in [-0.05, 0) is 31.4 Å². The summed E-state index contributed by atoms with van der Waals surface area (Å²) in [5.41, 5.74) is -0.0338. The number of piperidine rings is 1. The van der Waals surface area contributed by atoms with Crippen LogP contribution in [0.4, 0.5) is 30.8 Å². The van der Waals surface area contributed by atoms with Gasteiger partial charge in [0.05, 0.1) is 36.1 Å². The van der Waals surface area contributed by atoms with Gasteiger partial charge >= 0.3 is 6.18 Å². The van der Waals surface area contributed by atoms with Gasteiger partial charge in [0, 0.05) is 37.8 Å². The molecule has 0 saturated carbocycles. The van der Waals surface area contributed by atoms with Gasteiger partial charge in [-0.3, -0.25) is 4.79 Å². The predicted octanol–water partition coefficient (Wildman–Crippen LogP) is 3.23. The molecule has 2 aromatic rings. The quantitative estimate of drug-likeness (QED) is 0.685. The van der Waals surface area contributed by atoms with Gasteiger partial charge in [-0.2, -0.15) is 23.4 Å². The van der Waals surface area contributed by atoms with Gasteiger partial charge in [0.15, 0.2) is 0 Å². The minimum atomic E-state index is -4.48. The van der Waals surface area contributed by atoms with E-state index in [0.29, 0.717) is 50.8 Å². The fourth-order valence-corrected chi connectivity index (χ4v) is 4.91. The third-order valence-electron chi connectivity index (χ3n) is 6.73. The Bertz CT molecular complexity index is 1140. The van der Waals surface area contributed by atoms with Crippen LogP contribution >= 0.6 is 0 Å². The van der Waals surface area contributed by atoms with Gasteiger partial charge in [0.25, 0.3) is 0 Å². The van der Waals surface area contributed by atoms with Crippen LogP contribution in [-0.4, -0.2) is 64.1 Å². The molecular weight excluding hydrogens is 463 g/mol. The highest BCUT2D eigenvalue weighted by molar-refractivity contribution is 5.78. The summed E-state index contributed by atoms with van der Waals surface area (Å²) in [4.78, 5) is 29.3. The molecule has 2 aromatic heterocycles. The highest BCUT2D eigenvalue weighted by atomic mass is 19.4. The molecule has 1 N–H and O–H groups in total. The summed E-state index contributed by atoms with van der Waals surface area (Å²) in [6, 6.07) is 5.67. The van der Waals surface area contributed by atoms with E-state index in [4.69, 9.17) is 15.0 Å². The molecule has 2 unspecified atom stereocenters. The summed E-state index contributed by atoms with van der Waals surface area (Å²) < 4.78 is 45.2. The first-order valence-corrected chi connectivity index (χ1v) is 11.5. The molecule has 3 aliphatic heterocycles. The van der Waals surface area contributed by atoms with E-state index in [0.717, 1.165) is 30.4 Å². The van der Waals surface area contributed by atoms with E-state index in [9.17, 15) is 18.0 Å². The summed E-state index contributed by atoms with van der Waals surface area (Å²) in [6.07, 6.45) is -1.14. The highest BCUT2D eigenvalue weighted by Gasteiger charge is 2.40. The number of nitrogens with zero attached hydrogens (tertiary/aromatic N) is 6. The lowest BCUT2D eigenvalue weighted by Gasteiger charge is -2.32. The lowest BCUT2D eigenvalue weighted by Crippen LogP contribution is -2.39. The van der Waals surface area contributed by atoms with Crippen molar-refractivity contribution in [3.05, 3.63) is 35.7 Å². The molecule has 5 heterocycles. The Balaban J connectivity index is 1.41. The molecule has 12 heteroatoms. The zero-order valence-electron chi connectivity index (χ0n) is 18.8. The highest BCUT2D eigenvalue weighted by Crippen LogP contribution is 2.35. The number of fused-ring (bicyclic) bond motifs is 2. The van der Waals surface area contributed by atoms with Gasteiger partial charge in [0.2, 0.25) is 11.9 Å². The molecule has 2 atom stereocenters. The van der Waals surface area contributed by atoms with Crippen molar-refractivity contribution in [3.8, 4) is 6.07 Å². The topological polar surface area (TPSA) is 107 Å². The molecule has 3 aliphatic rings. The summed E-state index contributed by atoms with van der Waals surface area (Å²) in [6.45, 7) is 2.29. The second-order valence-electron chi connectivity index (χ2n) is 9.02. The Labute approximate surface area is 199 Å². The number of likely N-dealkylation sites (tertiary alicyclic amines) is 1. The fourth-order valence-electron chi connectivity index (χ4n) is 4.91. The molecule has 35 heavy (non-hydrogen) atoms. The van der Waals surface area contributed by atoms with E-state index in [1.165, 1.54) is 0 Å². The predicted molar refractivity (Wildman–Crippen MR) is 119 cm³/mol. The van der Waals surface area contributed by atoms with Gasteiger partial charge in [-0.25, -0.2) is 9.97 Å². The number of carbonyl (C=O) groups is 1. The SMILES string of the molecule is N#CCC(=O)N1CCC(c2cc(Nc3cc(C(F)(F)F)ccn3)nc(N3CC4CC3CO4)n2)CC1. The van der Waals surface area contributed by atoms with E-state index in [1.807, 2.05) is 6.07 Å². The van der Waals surface area contributed by atoms with Crippen molar-refractivity contribution in [1.82, 2.24) is 19.9 Å². The molecule has 0 aromatic carbocycles. The number of aromatic nitrogens is 3. The Morgan fingerprint density at radius 3 is 2.69 bits per heavy atom. The molecule has 9 nitrogen and oxygen atoms in total. The van der Waals surface area contributed by atoms with E-state index in [2.05, 4.69) is 20.2 Å². The molecule has 2 bridgehead atoms. The fraction of sp³-hybridized carbons (Fsp3) is 0.522. The van der Waals surface area contributed by atoms with Crippen LogP contribution < -0.4 is 10.2 Å². The van der Waals surface area contributed by atoms with Gasteiger partial charge in [0.1, 0.15) is 18.1 Å². The number of anilines is 3. The number of morpholine rings is 1. The van der Waals surface area contributed by atoms with Crippen molar-refractivity contribution < 1.29 is 22.7 Å². The van der Waals surface area contributed by atoms with Crippen LogP contribution in [0, 0.1) is 11.3 Å². The summed E-state index contributed by atoms with van der Waals surface area (Å²) >= 11 is 0. The number of alkyl halides is 3. The van der Waals surface area contributed by atoms with Crippen molar-refractivity contribution in [2.75, 3.05) is 36.5 Å². The third-order valence-corrected chi connectivity index (χ3v) is 6.73. The standard InChI is InChI=1S/C23H24F3N7O2/c24-23(25,26)15-2-6-28-19(9-15)30-20-11-18(14-3-7-32(8-4-14)21(34)1-5-27)29-22(31-20)33-12-17-10-16(33)13-35-17/h2,6,9,11,14,16-17H,1,3-4,7-8,10,12-13H2,(H,28,29,30,31). The Morgan fingerprint density at radius 1 is 1.23 bits per heavy atom. The lowest BCUT2D eigenvalue weighted by molar-refractivity contribution is -0.137. The first-order chi connectivity index (χ1) is 16.8. The average Bonchev–Trinajstić information content (AvgIpc) is 3.48. The maximum Gasteiger partial charge on any atom is 0.416 e.